The van der Waals surface area contributed by atoms with E-state index in [9.17, 15) is 24.0 Å². The Balaban J connectivity index is 0.000000641. The second kappa shape index (κ2) is 20.9. The van der Waals surface area contributed by atoms with E-state index in [4.69, 9.17) is 5.11 Å². The maximum absolute atomic E-state index is 11.4. The van der Waals surface area contributed by atoms with Crippen LogP contribution in [0.5, 0.6) is 0 Å². The van der Waals surface area contributed by atoms with Crippen molar-refractivity contribution in [2.24, 2.45) is 0 Å². The zero-order valence-electron chi connectivity index (χ0n) is 23.1. The van der Waals surface area contributed by atoms with E-state index in [1.165, 1.54) is 35.6 Å². The number of aromatic nitrogens is 4. The summed E-state index contributed by atoms with van der Waals surface area (Å²) in [7, 11) is 0. The summed E-state index contributed by atoms with van der Waals surface area (Å²) in [5.74, 6) is -1.58. The molecular weight excluding hydrogens is 544 g/mol. The Bertz CT molecular complexity index is 1080. The topological polar surface area (TPSA) is 187 Å². The summed E-state index contributed by atoms with van der Waals surface area (Å²) in [5, 5.41) is 8.19. The van der Waals surface area contributed by atoms with E-state index in [-0.39, 0.29) is 56.8 Å². The minimum atomic E-state index is -0.942. The molecule has 0 aliphatic heterocycles. The third kappa shape index (κ3) is 17.2. The minimum Gasteiger partial charge on any atom is -0.460 e. The lowest BCUT2D eigenvalue weighted by Gasteiger charge is -2.07. The van der Waals surface area contributed by atoms with Crippen molar-refractivity contribution < 1.29 is 52.8 Å². The molecule has 15 heteroatoms. The highest BCUT2D eigenvalue weighted by Crippen LogP contribution is 1.95. The molecule has 0 aromatic carbocycles. The van der Waals surface area contributed by atoms with Crippen LogP contribution in [-0.4, -0.2) is 93.9 Å². The first-order chi connectivity index (χ1) is 19.4. The van der Waals surface area contributed by atoms with Crippen molar-refractivity contribution in [1.29, 1.82) is 0 Å². The van der Waals surface area contributed by atoms with Crippen LogP contribution in [0.25, 0.3) is 0 Å². The van der Waals surface area contributed by atoms with Crippen molar-refractivity contribution in [3.63, 3.8) is 0 Å². The number of rotatable bonds is 11. The number of carbonyl (C=O) groups excluding carboxylic acids is 5. The van der Waals surface area contributed by atoms with Gasteiger partial charge in [-0.3, -0.25) is 9.13 Å². The summed E-state index contributed by atoms with van der Waals surface area (Å²) < 4.78 is 25.8. The first-order valence-corrected chi connectivity index (χ1v) is 11.8. The van der Waals surface area contributed by atoms with Gasteiger partial charge in [-0.25, -0.2) is 33.9 Å². The van der Waals surface area contributed by atoms with Crippen LogP contribution in [0.3, 0.4) is 0 Å². The maximum atomic E-state index is 11.4. The van der Waals surface area contributed by atoms with Gasteiger partial charge in [0.05, 0.1) is 6.61 Å². The van der Waals surface area contributed by atoms with Crippen molar-refractivity contribution in [2.75, 3.05) is 39.6 Å². The molecule has 15 nitrogen and oxygen atoms in total. The van der Waals surface area contributed by atoms with Crippen molar-refractivity contribution >= 4 is 30.1 Å². The third-order valence-corrected chi connectivity index (χ3v) is 3.89. The highest BCUT2D eigenvalue weighted by Gasteiger charge is 2.08. The molecular formula is C26H34N4O11. The van der Waals surface area contributed by atoms with Crippen LogP contribution in [-0.2, 0) is 38.1 Å². The normalized spacial score (nSPS) is 9.37. The molecule has 0 spiro atoms. The molecule has 0 unspecified atom stereocenters. The van der Waals surface area contributed by atoms with Gasteiger partial charge in [0.1, 0.15) is 45.7 Å². The Kier molecular flexibility index (Phi) is 18.3. The third-order valence-electron chi connectivity index (χ3n) is 3.89. The monoisotopic (exact) mass is 578 g/mol. The van der Waals surface area contributed by atoms with Gasteiger partial charge in [0.2, 0.25) is 0 Å². The molecule has 0 aliphatic rings. The number of carbonyl (C=O) groups is 5. The van der Waals surface area contributed by atoms with E-state index in [0.717, 1.165) is 0 Å². The maximum Gasteiger partial charge on any atom is 0.508 e. The van der Waals surface area contributed by atoms with Gasteiger partial charge in [-0.15, -0.1) is 0 Å². The number of aliphatic hydroxyl groups excluding tert-OH is 1. The van der Waals surface area contributed by atoms with Crippen LogP contribution < -0.4 is 0 Å². The summed E-state index contributed by atoms with van der Waals surface area (Å²) in [5.41, 5.74) is 0.863. The average molecular weight is 579 g/mol. The molecule has 2 aromatic heterocycles. The van der Waals surface area contributed by atoms with Crippen molar-refractivity contribution in [2.45, 2.75) is 20.8 Å². The quantitative estimate of drug-likeness (QED) is 0.177. The van der Waals surface area contributed by atoms with Gasteiger partial charge in [0.15, 0.2) is 0 Å². The molecule has 224 valence electrons. The van der Waals surface area contributed by atoms with Gasteiger partial charge in [0.25, 0.3) is 0 Å². The number of hydrogen-bond acceptors (Lipinski definition) is 13. The largest absolute Gasteiger partial charge is 0.508 e. The highest BCUT2D eigenvalue weighted by atomic mass is 16.7. The molecule has 41 heavy (non-hydrogen) atoms. The van der Waals surface area contributed by atoms with Gasteiger partial charge >= 0.3 is 30.1 Å². The summed E-state index contributed by atoms with van der Waals surface area (Å²) >= 11 is 0. The molecule has 0 bridgehead atoms. The van der Waals surface area contributed by atoms with Crippen LogP contribution in [0.4, 0.5) is 9.59 Å². The van der Waals surface area contributed by atoms with Gasteiger partial charge in [-0.1, -0.05) is 19.7 Å². The molecule has 2 heterocycles. The number of ether oxygens (including phenoxy) is 5. The molecule has 0 saturated heterocycles. The highest BCUT2D eigenvalue weighted by molar-refractivity contribution is 5.87. The molecule has 0 saturated carbocycles. The molecule has 1 N–H and O–H groups in total. The average Bonchev–Trinajstić information content (AvgIpc) is 3.67. The smallest absolute Gasteiger partial charge is 0.460 e. The van der Waals surface area contributed by atoms with Gasteiger partial charge < -0.3 is 28.8 Å². The Morgan fingerprint density at radius 2 is 0.976 bits per heavy atom. The molecule has 0 amide bonds. The minimum absolute atomic E-state index is 0.0473. The van der Waals surface area contributed by atoms with Crippen LogP contribution in [0.15, 0.2) is 73.9 Å². The van der Waals surface area contributed by atoms with E-state index < -0.39 is 24.1 Å². The lowest BCUT2D eigenvalue weighted by Crippen LogP contribution is -2.17. The lowest BCUT2D eigenvalue weighted by atomic mass is 10.4. The van der Waals surface area contributed by atoms with E-state index in [2.05, 4.69) is 53.4 Å². The Labute approximate surface area is 236 Å². The van der Waals surface area contributed by atoms with E-state index in [0.29, 0.717) is 5.57 Å². The van der Waals surface area contributed by atoms with E-state index >= 15 is 0 Å². The first kappa shape index (κ1) is 35.9. The van der Waals surface area contributed by atoms with Crippen molar-refractivity contribution in [1.82, 2.24) is 19.1 Å². The fourth-order valence-corrected chi connectivity index (χ4v) is 1.95. The Morgan fingerprint density at radius 3 is 1.27 bits per heavy atom. The SMILES string of the molecule is C=C(C)C(=O)OCCO.C=C(C)C(=O)OCCOC(=O)OCCOC(=O)C(=C)C.O=C(n1ccnc1)n1ccnc1. The second-order valence-electron chi connectivity index (χ2n) is 7.64. The summed E-state index contributed by atoms with van der Waals surface area (Å²) in [6, 6.07) is -0.190. The molecule has 0 fully saturated rings. The van der Waals surface area contributed by atoms with Gasteiger partial charge in [0, 0.05) is 41.5 Å². The molecule has 2 rings (SSSR count). The summed E-state index contributed by atoms with van der Waals surface area (Å²) in [6.07, 6.45) is 8.22. The van der Waals surface area contributed by atoms with Crippen LogP contribution in [0.1, 0.15) is 20.8 Å². The fourth-order valence-electron chi connectivity index (χ4n) is 1.95. The van der Waals surface area contributed by atoms with Crippen LogP contribution in [0.2, 0.25) is 0 Å². The molecule has 0 atom stereocenters. The zero-order chi connectivity index (χ0) is 31.2. The number of nitrogens with zero attached hydrogens (tertiary/aromatic N) is 4. The summed E-state index contributed by atoms with van der Waals surface area (Å²) in [4.78, 5) is 62.4. The van der Waals surface area contributed by atoms with Crippen molar-refractivity contribution in [3.8, 4) is 0 Å². The predicted octanol–water partition coefficient (Wildman–Crippen LogP) is 2.07. The molecule has 2 aromatic rings. The lowest BCUT2D eigenvalue weighted by molar-refractivity contribution is -0.141. The molecule has 0 aliphatic carbocycles. The first-order valence-electron chi connectivity index (χ1n) is 11.8. The Hall–Kier alpha value is -5.05. The van der Waals surface area contributed by atoms with Crippen molar-refractivity contribution in [3.05, 3.63) is 73.9 Å². The zero-order valence-corrected chi connectivity index (χ0v) is 23.1. The second-order valence-corrected chi connectivity index (χ2v) is 7.64. The number of hydrogen-bond donors (Lipinski definition) is 1. The van der Waals surface area contributed by atoms with E-state index in [1.807, 2.05) is 0 Å². The van der Waals surface area contributed by atoms with Crippen LogP contribution in [0, 0.1) is 0 Å². The van der Waals surface area contributed by atoms with Crippen LogP contribution >= 0.6 is 0 Å². The van der Waals surface area contributed by atoms with E-state index in [1.54, 1.807) is 31.7 Å². The molecule has 0 radical (unpaired) electrons. The van der Waals surface area contributed by atoms with Gasteiger partial charge in [-0.05, 0) is 20.8 Å². The number of imidazole rings is 2. The fraction of sp³-hybridized carbons (Fsp3) is 0.346. The summed E-state index contributed by atoms with van der Waals surface area (Å²) in [6.45, 7) is 14.1. The van der Waals surface area contributed by atoms with Gasteiger partial charge in [-0.2, -0.15) is 0 Å². The predicted molar refractivity (Wildman–Crippen MR) is 142 cm³/mol. The number of aliphatic hydroxyl groups is 1. The Morgan fingerprint density at radius 1 is 0.634 bits per heavy atom. The number of esters is 3. The standard InChI is InChI=1S/C13H18O7.C7H6N4O.C6H10O3/c1-9(2)11(14)17-5-7-19-13(16)20-8-6-18-12(15)10(3)4;12-7(10-3-1-8-5-10)11-4-2-9-6-11;1-5(2)6(8)9-4-3-7/h1,3,5-8H2,2,4H3;1-6H;7H,1,3-4H2,2H3.